The van der Waals surface area contributed by atoms with Gasteiger partial charge in [-0.25, -0.2) is 4.79 Å². The van der Waals surface area contributed by atoms with E-state index in [9.17, 15) is 9.59 Å². The molecule has 1 atom stereocenters. The molecule has 3 aromatic rings. The summed E-state index contributed by atoms with van der Waals surface area (Å²) in [5.41, 5.74) is 2.94. The van der Waals surface area contributed by atoms with E-state index < -0.39 is 12.1 Å². The van der Waals surface area contributed by atoms with E-state index in [4.69, 9.17) is 16.3 Å². The average molecular weight is 435 g/mol. The fourth-order valence-electron chi connectivity index (χ4n) is 2.93. The Bertz CT molecular complexity index is 1030. The minimum Gasteiger partial charge on any atom is -0.447 e. The maximum Gasteiger partial charge on any atom is 0.411 e. The largest absolute Gasteiger partial charge is 0.447 e. The Morgan fingerprint density at radius 3 is 2.29 bits per heavy atom. The Balaban J connectivity index is 1.66. The number of amides is 2. The van der Waals surface area contributed by atoms with Crippen molar-refractivity contribution >= 4 is 35.4 Å². The number of nitrogens with one attached hydrogen (secondary N) is 2. The van der Waals surface area contributed by atoms with Crippen LogP contribution in [0.25, 0.3) is 6.08 Å². The lowest BCUT2D eigenvalue weighted by Gasteiger charge is -2.19. The molecule has 2 amide bonds. The van der Waals surface area contributed by atoms with E-state index in [0.717, 1.165) is 11.1 Å². The SMILES string of the molecule is C/C=C/c1ccc(C(=O)N[C@H](COC(=O)Nc2ccc(Cl)cc2)c2ccccc2)cc1. The van der Waals surface area contributed by atoms with Gasteiger partial charge in [-0.15, -0.1) is 0 Å². The van der Waals surface area contributed by atoms with Crippen LogP contribution >= 0.6 is 11.6 Å². The molecule has 6 heteroatoms. The highest BCUT2D eigenvalue weighted by Crippen LogP contribution is 2.17. The molecular weight excluding hydrogens is 412 g/mol. The summed E-state index contributed by atoms with van der Waals surface area (Å²) < 4.78 is 5.37. The van der Waals surface area contributed by atoms with Gasteiger partial charge in [-0.2, -0.15) is 0 Å². The number of carbonyl (C=O) groups excluding carboxylic acids is 2. The lowest BCUT2D eigenvalue weighted by atomic mass is 10.1. The number of hydrogen-bond acceptors (Lipinski definition) is 3. The minimum absolute atomic E-state index is 0.0220. The second kappa shape index (κ2) is 11.0. The lowest BCUT2D eigenvalue weighted by Crippen LogP contribution is -2.32. The highest BCUT2D eigenvalue weighted by molar-refractivity contribution is 6.30. The Kier molecular flexibility index (Phi) is 7.85. The number of benzene rings is 3. The van der Waals surface area contributed by atoms with Crippen molar-refractivity contribution in [3.05, 3.63) is 107 Å². The van der Waals surface area contributed by atoms with Crippen molar-refractivity contribution in [1.82, 2.24) is 5.32 Å². The van der Waals surface area contributed by atoms with Gasteiger partial charge in [-0.1, -0.05) is 66.2 Å². The first-order valence-corrected chi connectivity index (χ1v) is 10.2. The van der Waals surface area contributed by atoms with Crippen LogP contribution in [0.5, 0.6) is 0 Å². The summed E-state index contributed by atoms with van der Waals surface area (Å²) in [5.74, 6) is -0.248. The smallest absolute Gasteiger partial charge is 0.411 e. The van der Waals surface area contributed by atoms with Crippen LogP contribution in [0.2, 0.25) is 5.02 Å². The van der Waals surface area contributed by atoms with Crippen molar-refractivity contribution in [3.8, 4) is 0 Å². The maximum atomic E-state index is 12.8. The molecule has 0 aliphatic heterocycles. The Morgan fingerprint density at radius 1 is 0.968 bits per heavy atom. The Morgan fingerprint density at radius 2 is 1.65 bits per heavy atom. The van der Waals surface area contributed by atoms with E-state index in [2.05, 4.69) is 10.6 Å². The summed E-state index contributed by atoms with van der Waals surface area (Å²) in [6, 6.07) is 22.9. The van der Waals surface area contributed by atoms with Gasteiger partial charge < -0.3 is 10.1 Å². The normalized spacial score (nSPS) is 11.7. The van der Waals surface area contributed by atoms with Crippen LogP contribution in [0.1, 0.15) is 34.5 Å². The zero-order valence-electron chi connectivity index (χ0n) is 17.0. The third kappa shape index (κ3) is 6.73. The van der Waals surface area contributed by atoms with Crippen LogP contribution in [0, 0.1) is 0 Å². The van der Waals surface area contributed by atoms with Crippen LogP contribution in [0.15, 0.2) is 84.9 Å². The van der Waals surface area contributed by atoms with Crippen LogP contribution in [-0.4, -0.2) is 18.6 Å². The molecule has 0 aromatic heterocycles. The van der Waals surface area contributed by atoms with E-state index in [1.165, 1.54) is 0 Å². The molecule has 2 N–H and O–H groups in total. The topological polar surface area (TPSA) is 67.4 Å². The Hall–Kier alpha value is -3.57. The van der Waals surface area contributed by atoms with Crippen LogP contribution < -0.4 is 10.6 Å². The third-order valence-electron chi connectivity index (χ3n) is 4.51. The monoisotopic (exact) mass is 434 g/mol. The molecule has 5 nitrogen and oxygen atoms in total. The molecule has 0 unspecified atom stereocenters. The lowest BCUT2D eigenvalue weighted by molar-refractivity contribution is 0.0901. The minimum atomic E-state index is -0.617. The maximum absolute atomic E-state index is 12.8. The van der Waals surface area contributed by atoms with Crippen molar-refractivity contribution in [2.24, 2.45) is 0 Å². The van der Waals surface area contributed by atoms with E-state index in [1.807, 2.05) is 61.5 Å². The predicted octanol–water partition coefficient (Wildman–Crippen LogP) is 6.09. The molecule has 3 rings (SSSR count). The highest BCUT2D eigenvalue weighted by Gasteiger charge is 2.18. The zero-order valence-corrected chi connectivity index (χ0v) is 17.8. The second-order valence-electron chi connectivity index (χ2n) is 6.79. The molecule has 0 spiro atoms. The summed E-state index contributed by atoms with van der Waals surface area (Å²) in [7, 11) is 0. The molecule has 0 aliphatic carbocycles. The standard InChI is InChI=1S/C25H23ClN2O3/c1-2-6-18-9-11-20(12-10-18)24(29)28-23(19-7-4-3-5-8-19)17-31-25(30)27-22-15-13-21(26)14-16-22/h2-16,23H,17H2,1H3,(H,27,30)(H,28,29)/b6-2+/t23-/m1/s1. The number of carbonyl (C=O) groups is 2. The molecule has 0 bridgehead atoms. The Labute approximate surface area is 186 Å². The van der Waals surface area contributed by atoms with Crippen LogP contribution in [0.4, 0.5) is 10.5 Å². The fraction of sp³-hybridized carbons (Fsp3) is 0.120. The van der Waals surface area contributed by atoms with Crippen molar-refractivity contribution in [2.45, 2.75) is 13.0 Å². The summed E-state index contributed by atoms with van der Waals surface area (Å²) in [6.07, 6.45) is 3.28. The van der Waals surface area contributed by atoms with Crippen molar-refractivity contribution in [2.75, 3.05) is 11.9 Å². The number of halogens is 1. The highest BCUT2D eigenvalue weighted by atomic mass is 35.5. The third-order valence-corrected chi connectivity index (χ3v) is 4.76. The van der Waals surface area contributed by atoms with E-state index in [-0.39, 0.29) is 12.5 Å². The quantitative estimate of drug-likeness (QED) is 0.472. The van der Waals surface area contributed by atoms with E-state index >= 15 is 0 Å². The number of hydrogen-bond donors (Lipinski definition) is 2. The van der Waals surface area contributed by atoms with Crippen molar-refractivity contribution < 1.29 is 14.3 Å². The molecule has 0 heterocycles. The van der Waals surface area contributed by atoms with Gasteiger partial charge in [0.05, 0.1) is 6.04 Å². The van der Waals surface area contributed by atoms with Crippen molar-refractivity contribution in [3.63, 3.8) is 0 Å². The van der Waals surface area contributed by atoms with Gasteiger partial charge in [0.2, 0.25) is 0 Å². The predicted molar refractivity (Wildman–Crippen MR) is 124 cm³/mol. The van der Waals surface area contributed by atoms with Gasteiger partial charge in [0.25, 0.3) is 5.91 Å². The first kappa shape index (κ1) is 22.1. The van der Waals surface area contributed by atoms with Crippen molar-refractivity contribution in [1.29, 1.82) is 0 Å². The summed E-state index contributed by atoms with van der Waals surface area (Å²) >= 11 is 5.85. The first-order valence-electron chi connectivity index (χ1n) is 9.83. The summed E-state index contributed by atoms with van der Waals surface area (Å²) in [4.78, 5) is 25.0. The summed E-state index contributed by atoms with van der Waals surface area (Å²) in [6.45, 7) is 1.92. The molecule has 0 saturated carbocycles. The van der Waals surface area contributed by atoms with Crippen LogP contribution in [-0.2, 0) is 4.74 Å². The van der Waals surface area contributed by atoms with E-state index in [0.29, 0.717) is 16.3 Å². The average Bonchev–Trinajstić information content (AvgIpc) is 2.79. The summed E-state index contributed by atoms with van der Waals surface area (Å²) in [5, 5.41) is 6.16. The number of ether oxygens (including phenoxy) is 1. The molecule has 0 saturated heterocycles. The molecule has 0 radical (unpaired) electrons. The van der Waals surface area contributed by atoms with Crippen LogP contribution in [0.3, 0.4) is 0 Å². The fourth-order valence-corrected chi connectivity index (χ4v) is 3.06. The molecule has 3 aromatic carbocycles. The van der Waals surface area contributed by atoms with E-state index in [1.54, 1.807) is 36.4 Å². The van der Waals surface area contributed by atoms with Gasteiger partial charge in [0.1, 0.15) is 6.61 Å². The molecular formula is C25H23ClN2O3. The van der Waals surface area contributed by atoms with Gasteiger partial charge in [0.15, 0.2) is 0 Å². The zero-order chi connectivity index (χ0) is 22.1. The number of rotatable bonds is 7. The molecule has 0 fully saturated rings. The number of anilines is 1. The van der Waals surface area contributed by atoms with Gasteiger partial charge in [0, 0.05) is 16.3 Å². The first-order chi connectivity index (χ1) is 15.0. The van der Waals surface area contributed by atoms with Gasteiger partial charge in [-0.3, -0.25) is 10.1 Å². The molecule has 158 valence electrons. The van der Waals surface area contributed by atoms with Gasteiger partial charge >= 0.3 is 6.09 Å². The second-order valence-corrected chi connectivity index (χ2v) is 7.23. The molecule has 31 heavy (non-hydrogen) atoms. The number of allylic oxidation sites excluding steroid dienone is 1. The van der Waals surface area contributed by atoms with Gasteiger partial charge in [-0.05, 0) is 54.4 Å². The molecule has 0 aliphatic rings.